The highest BCUT2D eigenvalue weighted by atomic mass is 35.5. The van der Waals surface area contributed by atoms with Gasteiger partial charge in [-0.15, -0.1) is 29.9 Å². The fraction of sp³-hybridized carbons (Fsp3) is 0.722. The molecule has 1 aromatic heterocycles. The van der Waals surface area contributed by atoms with Gasteiger partial charge in [-0.25, -0.2) is 0 Å². The summed E-state index contributed by atoms with van der Waals surface area (Å²) in [5.41, 5.74) is 0.330. The summed E-state index contributed by atoms with van der Waals surface area (Å²) in [5, 5.41) is 11.6. The third-order valence-electron chi connectivity index (χ3n) is 6.33. The first-order valence-corrected chi connectivity index (χ1v) is 9.20. The van der Waals surface area contributed by atoms with Crippen molar-refractivity contribution < 1.29 is 4.79 Å². The molecule has 1 N–H and O–H groups in total. The number of carbonyl (C=O) groups is 1. The van der Waals surface area contributed by atoms with Gasteiger partial charge >= 0.3 is 0 Å². The molecule has 1 aromatic rings. The summed E-state index contributed by atoms with van der Waals surface area (Å²) < 4.78 is 0. The van der Waals surface area contributed by atoms with Crippen molar-refractivity contribution in [1.82, 2.24) is 20.4 Å². The van der Waals surface area contributed by atoms with Crippen molar-refractivity contribution in [3.8, 4) is 0 Å². The minimum Gasteiger partial charge on any atom is -0.355 e. The Balaban J connectivity index is 0.00000121. The van der Waals surface area contributed by atoms with E-state index in [0.29, 0.717) is 17.4 Å². The molecule has 2 aliphatic heterocycles. The molecule has 1 saturated carbocycles. The number of carbonyl (C=O) groups excluding carboxylic acids is 1. The molecular formula is C18H29Cl2N5O. The molecule has 2 saturated heterocycles. The van der Waals surface area contributed by atoms with E-state index in [2.05, 4.69) is 25.3 Å². The molecule has 3 aliphatic rings. The third-order valence-corrected chi connectivity index (χ3v) is 6.33. The summed E-state index contributed by atoms with van der Waals surface area (Å²) in [7, 11) is 2.01. The zero-order chi connectivity index (χ0) is 16.6. The SMILES string of the molecule is CN(C(=O)C1CC12CCNCC2)C1CCN(c2cccnn2)CC1.Cl.Cl. The van der Waals surface area contributed by atoms with Crippen molar-refractivity contribution in [3.63, 3.8) is 0 Å². The van der Waals surface area contributed by atoms with Crippen molar-refractivity contribution in [1.29, 1.82) is 0 Å². The largest absolute Gasteiger partial charge is 0.355 e. The maximum Gasteiger partial charge on any atom is 0.226 e. The minimum absolute atomic E-state index is 0. The monoisotopic (exact) mass is 401 g/mol. The van der Waals surface area contributed by atoms with E-state index in [1.807, 2.05) is 19.2 Å². The molecule has 3 heterocycles. The zero-order valence-corrected chi connectivity index (χ0v) is 16.9. The number of anilines is 1. The highest BCUT2D eigenvalue weighted by Crippen LogP contribution is 2.59. The van der Waals surface area contributed by atoms with Crippen LogP contribution in [0.5, 0.6) is 0 Å². The first-order chi connectivity index (χ1) is 11.7. The number of piperidine rings is 2. The number of rotatable bonds is 3. The van der Waals surface area contributed by atoms with Gasteiger partial charge in [-0.05, 0) is 62.7 Å². The highest BCUT2D eigenvalue weighted by molar-refractivity contribution is 5.85. The quantitative estimate of drug-likeness (QED) is 0.840. The van der Waals surface area contributed by atoms with Crippen molar-refractivity contribution in [2.75, 3.05) is 38.1 Å². The number of hydrogen-bond donors (Lipinski definition) is 1. The van der Waals surface area contributed by atoms with Gasteiger partial charge in [0.2, 0.25) is 5.91 Å². The second-order valence-corrected chi connectivity index (χ2v) is 7.62. The van der Waals surface area contributed by atoms with Crippen LogP contribution in [-0.4, -0.2) is 60.3 Å². The predicted molar refractivity (Wildman–Crippen MR) is 107 cm³/mol. The Kier molecular flexibility index (Phi) is 7.11. The molecule has 0 aromatic carbocycles. The number of aromatic nitrogens is 2. The maximum absolute atomic E-state index is 12.9. The van der Waals surface area contributed by atoms with Crippen LogP contribution in [0.3, 0.4) is 0 Å². The lowest BCUT2D eigenvalue weighted by Crippen LogP contribution is -2.47. The van der Waals surface area contributed by atoms with Crippen LogP contribution >= 0.6 is 24.8 Å². The smallest absolute Gasteiger partial charge is 0.226 e. The zero-order valence-electron chi connectivity index (χ0n) is 15.3. The maximum atomic E-state index is 12.9. The molecule has 1 unspecified atom stereocenters. The summed E-state index contributed by atoms with van der Waals surface area (Å²) >= 11 is 0. The second kappa shape index (κ2) is 8.72. The number of halogens is 2. The first kappa shape index (κ1) is 21.2. The van der Waals surface area contributed by atoms with E-state index in [-0.39, 0.29) is 30.7 Å². The van der Waals surface area contributed by atoms with Crippen LogP contribution in [0.1, 0.15) is 32.1 Å². The minimum atomic E-state index is 0. The average molecular weight is 402 g/mol. The lowest BCUT2D eigenvalue weighted by atomic mass is 9.91. The Hall–Kier alpha value is -1.11. The predicted octanol–water partition coefficient (Wildman–Crippen LogP) is 2.14. The number of hydrogen-bond acceptors (Lipinski definition) is 5. The van der Waals surface area contributed by atoms with E-state index < -0.39 is 0 Å². The van der Waals surface area contributed by atoms with Crippen LogP contribution in [0.25, 0.3) is 0 Å². The molecule has 26 heavy (non-hydrogen) atoms. The fourth-order valence-electron chi connectivity index (χ4n) is 4.54. The van der Waals surface area contributed by atoms with Crippen molar-refractivity contribution in [2.45, 2.75) is 38.1 Å². The topological polar surface area (TPSA) is 61.4 Å². The van der Waals surface area contributed by atoms with E-state index in [4.69, 9.17) is 0 Å². The van der Waals surface area contributed by atoms with Crippen LogP contribution in [0.4, 0.5) is 5.82 Å². The van der Waals surface area contributed by atoms with Gasteiger partial charge < -0.3 is 15.1 Å². The van der Waals surface area contributed by atoms with Gasteiger partial charge in [0, 0.05) is 38.3 Å². The first-order valence-electron chi connectivity index (χ1n) is 9.20. The Morgan fingerprint density at radius 1 is 1.27 bits per heavy atom. The fourth-order valence-corrected chi connectivity index (χ4v) is 4.54. The van der Waals surface area contributed by atoms with Crippen molar-refractivity contribution >= 4 is 36.5 Å². The second-order valence-electron chi connectivity index (χ2n) is 7.62. The molecule has 8 heteroatoms. The Labute approximate surface area is 167 Å². The van der Waals surface area contributed by atoms with E-state index in [1.165, 1.54) is 12.8 Å². The van der Waals surface area contributed by atoms with Gasteiger partial charge in [-0.3, -0.25) is 4.79 Å². The van der Waals surface area contributed by atoms with Crippen LogP contribution in [0.15, 0.2) is 18.3 Å². The molecule has 1 atom stereocenters. The summed E-state index contributed by atoms with van der Waals surface area (Å²) in [6.45, 7) is 4.04. The molecule has 0 bridgehead atoms. The Morgan fingerprint density at radius 3 is 2.58 bits per heavy atom. The molecule has 1 spiro atoms. The highest BCUT2D eigenvalue weighted by Gasteiger charge is 2.58. The molecule has 1 aliphatic carbocycles. The van der Waals surface area contributed by atoms with Crippen LogP contribution in [0.2, 0.25) is 0 Å². The lowest BCUT2D eigenvalue weighted by Gasteiger charge is -2.37. The third kappa shape index (κ3) is 4.07. The molecule has 3 fully saturated rings. The Morgan fingerprint density at radius 2 is 1.96 bits per heavy atom. The molecule has 6 nitrogen and oxygen atoms in total. The van der Waals surface area contributed by atoms with Crippen LogP contribution < -0.4 is 10.2 Å². The standard InChI is InChI=1S/C18H27N5O.2ClH/c1-22(17(24)15-13-18(15)6-9-19-10-7-18)14-4-11-23(12-5-14)16-3-2-8-20-21-16;;/h2-3,8,14-15,19H,4-7,9-13H2,1H3;2*1H. The molecule has 1 amide bonds. The lowest BCUT2D eigenvalue weighted by molar-refractivity contribution is -0.134. The van der Waals surface area contributed by atoms with Gasteiger partial charge in [0.15, 0.2) is 5.82 Å². The molecular weight excluding hydrogens is 373 g/mol. The van der Waals surface area contributed by atoms with E-state index in [9.17, 15) is 4.79 Å². The Bertz CT molecular complexity index is 589. The summed E-state index contributed by atoms with van der Waals surface area (Å²) in [5.74, 6) is 1.61. The molecule has 4 rings (SSSR count). The summed E-state index contributed by atoms with van der Waals surface area (Å²) in [6.07, 6.45) is 7.18. The van der Waals surface area contributed by atoms with Gasteiger partial charge in [0.1, 0.15) is 0 Å². The van der Waals surface area contributed by atoms with E-state index in [0.717, 1.165) is 51.3 Å². The number of nitrogens with one attached hydrogen (secondary N) is 1. The van der Waals surface area contributed by atoms with E-state index >= 15 is 0 Å². The normalized spacial score (nSPS) is 24.3. The summed E-state index contributed by atoms with van der Waals surface area (Å²) in [4.78, 5) is 17.2. The van der Waals surface area contributed by atoms with Gasteiger partial charge in [-0.1, -0.05) is 0 Å². The average Bonchev–Trinajstić information content (AvgIpc) is 3.34. The molecule has 146 valence electrons. The van der Waals surface area contributed by atoms with Crippen molar-refractivity contribution in [2.24, 2.45) is 11.3 Å². The van der Waals surface area contributed by atoms with Crippen LogP contribution in [0, 0.1) is 11.3 Å². The van der Waals surface area contributed by atoms with E-state index in [1.54, 1.807) is 6.20 Å². The van der Waals surface area contributed by atoms with Crippen LogP contribution in [-0.2, 0) is 4.79 Å². The number of nitrogens with zero attached hydrogens (tertiary/aromatic N) is 4. The van der Waals surface area contributed by atoms with Crippen molar-refractivity contribution in [3.05, 3.63) is 18.3 Å². The molecule has 0 radical (unpaired) electrons. The van der Waals surface area contributed by atoms with Gasteiger partial charge in [0.05, 0.1) is 0 Å². The van der Waals surface area contributed by atoms with Gasteiger partial charge in [0.25, 0.3) is 0 Å². The number of amides is 1. The summed E-state index contributed by atoms with van der Waals surface area (Å²) in [6, 6.07) is 4.30. The van der Waals surface area contributed by atoms with Gasteiger partial charge in [-0.2, -0.15) is 5.10 Å².